The summed E-state index contributed by atoms with van der Waals surface area (Å²) in [6.45, 7) is 0.694. The Labute approximate surface area is 418 Å². The van der Waals surface area contributed by atoms with Gasteiger partial charge in [0.15, 0.2) is 22.4 Å². The number of carbonyl (C=O) groups excluding carboxylic acids is 2. The van der Waals surface area contributed by atoms with Crippen LogP contribution in [0.3, 0.4) is 0 Å². The lowest BCUT2D eigenvalue weighted by molar-refractivity contribution is -0.605. The van der Waals surface area contributed by atoms with Crippen molar-refractivity contribution in [1.82, 2.24) is 33.4 Å². The maximum Gasteiger partial charge on any atom is 0.259 e. The minimum absolute atomic E-state index is 0.0382. The number of hydrogen-bond donors (Lipinski definition) is 4. The molecule has 0 bridgehead atoms. The van der Waals surface area contributed by atoms with E-state index in [0.717, 1.165) is 22.3 Å². The van der Waals surface area contributed by atoms with Crippen LogP contribution in [0.25, 0.3) is 44.1 Å². The zero-order chi connectivity index (χ0) is 50.0. The number of nitrogens with one attached hydrogen (secondary N) is 2. The number of aromatic amines is 2. The molecule has 0 saturated carbocycles. The van der Waals surface area contributed by atoms with Crippen molar-refractivity contribution in [3.05, 3.63) is 171 Å². The lowest BCUT2D eigenvalue weighted by Gasteiger charge is -2.34. The maximum atomic E-state index is 13.4. The van der Waals surface area contributed by atoms with E-state index in [0.29, 0.717) is 47.7 Å². The lowest BCUT2D eigenvalue weighted by atomic mass is 10.0. The second-order valence-corrected chi connectivity index (χ2v) is 21.4. The van der Waals surface area contributed by atoms with Gasteiger partial charge in [-0.1, -0.05) is 47.5 Å². The van der Waals surface area contributed by atoms with E-state index in [2.05, 4.69) is 15.0 Å². The molecule has 4 aromatic heterocycles. The summed E-state index contributed by atoms with van der Waals surface area (Å²) in [5, 5.41) is 32.9. The molecule has 0 atom stereocenters. The number of aliphatic hydroxyl groups excluding tert-OH is 2. The molecular weight excluding hydrogens is 992 g/mol. The van der Waals surface area contributed by atoms with Crippen molar-refractivity contribution < 1.29 is 41.4 Å². The first kappa shape index (κ1) is 49.3. The maximum absolute atomic E-state index is 13.4. The Kier molecular flexibility index (Phi) is 14.3. The van der Waals surface area contributed by atoms with Crippen molar-refractivity contribution in [3.63, 3.8) is 0 Å². The van der Waals surface area contributed by atoms with Gasteiger partial charge in [-0.15, -0.1) is 0 Å². The Morgan fingerprint density at radius 3 is 1.30 bits per heavy atom. The van der Waals surface area contributed by atoms with Crippen LogP contribution in [-0.2, 0) is 33.3 Å². The third-order valence-electron chi connectivity index (χ3n) is 12.6. The highest BCUT2D eigenvalue weighted by Gasteiger charge is 2.35. The van der Waals surface area contributed by atoms with Crippen molar-refractivity contribution in [2.24, 2.45) is 0 Å². The highest BCUT2D eigenvalue weighted by Crippen LogP contribution is 2.33. The second-order valence-electron chi connectivity index (χ2n) is 16.8. The number of halogens is 2. The van der Waals surface area contributed by atoms with Crippen LogP contribution in [0.4, 0.5) is 0 Å². The fourth-order valence-corrected chi connectivity index (χ4v) is 12.4. The average molecular weight is 1040 g/mol. The van der Waals surface area contributed by atoms with Crippen molar-refractivity contribution in [2.75, 3.05) is 52.4 Å². The van der Waals surface area contributed by atoms with Gasteiger partial charge in [0.2, 0.25) is 0 Å². The number of aliphatic hydroxyl groups is 2. The number of aromatic nitrogens is 4. The van der Waals surface area contributed by atoms with E-state index in [1.54, 1.807) is 95.0 Å². The summed E-state index contributed by atoms with van der Waals surface area (Å²) in [6, 6.07) is 31.6. The second kappa shape index (κ2) is 20.6. The highest BCUT2D eigenvalue weighted by atomic mass is 35.5. The molecule has 0 spiro atoms. The Balaban J connectivity index is 0.000000176. The van der Waals surface area contributed by atoms with Crippen LogP contribution in [0.1, 0.15) is 31.8 Å². The van der Waals surface area contributed by atoms with Gasteiger partial charge in [-0.25, -0.2) is 16.8 Å². The molecule has 21 heteroatoms. The molecule has 2 aliphatic heterocycles. The predicted octanol–water partition coefficient (Wildman–Crippen LogP) is 6.28. The molecule has 0 aliphatic carbocycles. The summed E-state index contributed by atoms with van der Waals surface area (Å²) < 4.78 is 56.9. The Hall–Kier alpha value is -6.68. The minimum atomic E-state index is -3.92. The largest absolute Gasteiger partial charge is 0.619 e. The number of piperazine rings is 2. The molecule has 2 amide bonds. The average Bonchev–Trinajstić information content (AvgIpc) is 3.97. The first-order valence-corrected chi connectivity index (χ1v) is 26.0. The number of fused-ring (bicyclic) bond motifs is 2. The van der Waals surface area contributed by atoms with Crippen molar-refractivity contribution in [2.45, 2.75) is 23.3 Å². The zero-order valence-electron chi connectivity index (χ0n) is 37.8. The van der Waals surface area contributed by atoms with E-state index in [-0.39, 0.29) is 85.4 Å². The Morgan fingerprint density at radius 1 is 0.549 bits per heavy atom. The van der Waals surface area contributed by atoms with Crippen molar-refractivity contribution in [3.8, 4) is 22.3 Å². The first-order chi connectivity index (χ1) is 34.2. The molecule has 2 fully saturated rings. The van der Waals surface area contributed by atoms with Crippen LogP contribution in [0, 0.1) is 5.21 Å². The van der Waals surface area contributed by atoms with Crippen molar-refractivity contribution in [1.29, 1.82) is 0 Å². The molecular formula is C50H46Cl2N8O9S2. The normalized spacial score (nSPS) is 14.9. The smallest absolute Gasteiger partial charge is 0.259 e. The third-order valence-corrected chi connectivity index (χ3v) is 16.9. The lowest BCUT2D eigenvalue weighted by Crippen LogP contribution is -2.50. The van der Waals surface area contributed by atoms with E-state index in [4.69, 9.17) is 23.2 Å². The van der Waals surface area contributed by atoms with Gasteiger partial charge in [0.25, 0.3) is 31.9 Å². The standard InChI is InChI=1S/C25H23ClN4O5S.C25H23ClN4O4S/c26-20-5-6-23-21(15-20)22(16-31)24(27-23)36(34,35)30-13-11-28(12-14-30)25(32)19-3-1-17(2-4-19)18-7-9-29(33)10-8-18;26-20-5-6-23-21(15-20)22(16-31)24(28-23)35(33,34)30-13-11-29(12-14-30)25(32)19-3-1-17(2-4-19)18-7-9-27-10-8-18/h1-10,15,27,31H,11-14,16H2;1-10,15,28,31H,11-14,16H2. The van der Waals surface area contributed by atoms with Gasteiger partial charge in [-0.3, -0.25) is 14.6 Å². The van der Waals surface area contributed by atoms with Gasteiger partial charge in [0.1, 0.15) is 0 Å². The summed E-state index contributed by atoms with van der Waals surface area (Å²) in [7, 11) is -7.82. The SMILES string of the molecule is O=C(c1ccc(-c2cc[n+]([O-])cc2)cc1)N1CCN(S(=O)(=O)c2[nH]c3ccc(Cl)cc3c2CO)CC1.O=C(c1ccc(-c2ccncc2)cc1)N1CCN(S(=O)(=O)c2[nH]c3ccc(Cl)cc3c2CO)CC1. The molecule has 2 saturated heterocycles. The molecule has 71 heavy (non-hydrogen) atoms. The summed E-state index contributed by atoms with van der Waals surface area (Å²) in [5.41, 5.74) is 6.50. The summed E-state index contributed by atoms with van der Waals surface area (Å²) >= 11 is 12.1. The monoisotopic (exact) mass is 1040 g/mol. The number of nitrogens with zero attached hydrogens (tertiary/aromatic N) is 6. The Morgan fingerprint density at radius 2 is 0.915 bits per heavy atom. The van der Waals surface area contributed by atoms with Gasteiger partial charge in [-0.2, -0.15) is 13.3 Å². The number of amides is 2. The van der Waals surface area contributed by atoms with Gasteiger partial charge in [0.05, 0.1) is 13.2 Å². The van der Waals surface area contributed by atoms with Crippen LogP contribution < -0.4 is 4.73 Å². The highest BCUT2D eigenvalue weighted by molar-refractivity contribution is 7.89. The number of benzene rings is 4. The number of hydrogen-bond acceptors (Lipinski definition) is 10. The molecule has 10 rings (SSSR count). The molecule has 0 radical (unpaired) electrons. The third kappa shape index (κ3) is 10.1. The quantitative estimate of drug-likeness (QED) is 0.0885. The van der Waals surface area contributed by atoms with E-state index in [1.165, 1.54) is 21.0 Å². The van der Waals surface area contributed by atoms with Crippen LogP contribution in [0.2, 0.25) is 10.0 Å². The minimum Gasteiger partial charge on any atom is -0.619 e. The van der Waals surface area contributed by atoms with E-state index >= 15 is 0 Å². The summed E-state index contributed by atoms with van der Waals surface area (Å²) in [6.07, 6.45) is 6.26. The number of carbonyl (C=O) groups is 2. The Bertz CT molecular complexity index is 3470. The number of H-pyrrole nitrogens is 2. The topological polar surface area (TPSA) is 227 Å². The fraction of sp³-hybridized carbons (Fsp3) is 0.200. The van der Waals surface area contributed by atoms with Crippen LogP contribution in [-0.4, -0.2) is 125 Å². The van der Waals surface area contributed by atoms with E-state index in [1.807, 2.05) is 36.4 Å². The zero-order valence-corrected chi connectivity index (χ0v) is 40.9. The predicted molar refractivity (Wildman–Crippen MR) is 268 cm³/mol. The fourth-order valence-electron chi connectivity index (χ4n) is 8.79. The van der Waals surface area contributed by atoms with E-state index < -0.39 is 33.3 Å². The molecule has 366 valence electrons. The summed E-state index contributed by atoms with van der Waals surface area (Å²) in [4.78, 5) is 39.2. The molecule has 6 heterocycles. The number of sulfonamides is 2. The molecule has 2 aliphatic rings. The number of rotatable bonds is 10. The van der Waals surface area contributed by atoms with E-state index in [9.17, 15) is 41.8 Å². The number of pyridine rings is 2. The van der Waals surface area contributed by atoms with Gasteiger partial charge in [0, 0.05) is 131 Å². The van der Waals surface area contributed by atoms with Gasteiger partial charge in [-0.05, 0) is 95.1 Å². The van der Waals surface area contributed by atoms with Crippen molar-refractivity contribution >= 4 is 76.9 Å². The molecule has 4 aromatic carbocycles. The molecule has 4 N–H and O–H groups in total. The molecule has 8 aromatic rings. The molecule has 0 unspecified atom stereocenters. The van der Waals surface area contributed by atoms with Crippen LogP contribution >= 0.6 is 23.2 Å². The van der Waals surface area contributed by atoms with Gasteiger partial charge >= 0.3 is 0 Å². The van der Waals surface area contributed by atoms with Crippen LogP contribution in [0.5, 0.6) is 0 Å². The first-order valence-electron chi connectivity index (χ1n) is 22.4. The van der Waals surface area contributed by atoms with Crippen LogP contribution in [0.15, 0.2) is 144 Å². The molecule has 17 nitrogen and oxygen atoms in total. The van der Waals surface area contributed by atoms with Gasteiger partial charge < -0.3 is 35.2 Å². The summed E-state index contributed by atoms with van der Waals surface area (Å²) in [5.74, 6) is -0.319.